The van der Waals surface area contributed by atoms with Gasteiger partial charge in [0.05, 0.1) is 20.3 Å². The predicted octanol–water partition coefficient (Wildman–Crippen LogP) is 3.32. The number of para-hydroxylation sites is 1. The molecule has 2 aromatic rings. The van der Waals surface area contributed by atoms with Crippen LogP contribution >= 0.6 is 0 Å². The summed E-state index contributed by atoms with van der Waals surface area (Å²) in [6.45, 7) is 2.09. The Kier molecular flexibility index (Phi) is 4.64. The molecular weight excluding hydrogens is 250 g/mol. The minimum atomic E-state index is 0.0700. The first kappa shape index (κ1) is 14.4. The lowest BCUT2D eigenvalue weighted by molar-refractivity contribution is 0.349. The maximum Gasteiger partial charge on any atom is 0.165 e. The highest BCUT2D eigenvalue weighted by Crippen LogP contribution is 2.36. The Morgan fingerprint density at radius 1 is 0.950 bits per heavy atom. The number of nitrogens with one attached hydrogen (secondary N) is 1. The van der Waals surface area contributed by atoms with E-state index >= 15 is 0 Å². The van der Waals surface area contributed by atoms with Crippen LogP contribution in [0.25, 0.3) is 0 Å². The van der Waals surface area contributed by atoms with E-state index in [0.29, 0.717) is 0 Å². The summed E-state index contributed by atoms with van der Waals surface area (Å²) in [4.78, 5) is 0. The molecule has 3 heteroatoms. The van der Waals surface area contributed by atoms with E-state index in [1.54, 1.807) is 14.2 Å². The zero-order chi connectivity index (χ0) is 14.5. The Morgan fingerprint density at radius 2 is 1.65 bits per heavy atom. The first-order chi connectivity index (χ1) is 9.71. The van der Waals surface area contributed by atoms with E-state index in [4.69, 9.17) is 9.47 Å². The molecule has 0 saturated carbocycles. The molecule has 0 aliphatic heterocycles. The second-order valence-electron chi connectivity index (χ2n) is 4.72. The number of benzene rings is 2. The van der Waals surface area contributed by atoms with Gasteiger partial charge in [-0.15, -0.1) is 0 Å². The molecule has 0 bridgehead atoms. The average molecular weight is 271 g/mol. The molecule has 2 rings (SSSR count). The zero-order valence-corrected chi connectivity index (χ0v) is 12.4. The smallest absolute Gasteiger partial charge is 0.165 e. The summed E-state index contributed by atoms with van der Waals surface area (Å²) in [6, 6.07) is 14.5. The Bertz CT molecular complexity index is 564. The molecule has 106 valence electrons. The van der Waals surface area contributed by atoms with Gasteiger partial charge in [0.1, 0.15) is 0 Å². The SMILES string of the molecule is CNC(c1ccc(C)cc1)c1cccc(OC)c1OC. The lowest BCUT2D eigenvalue weighted by atomic mass is 9.97. The van der Waals surface area contributed by atoms with E-state index in [9.17, 15) is 0 Å². The fourth-order valence-corrected chi connectivity index (χ4v) is 2.40. The maximum atomic E-state index is 5.53. The monoisotopic (exact) mass is 271 g/mol. The van der Waals surface area contributed by atoms with Crippen molar-refractivity contribution in [1.29, 1.82) is 0 Å². The van der Waals surface area contributed by atoms with Crippen LogP contribution in [-0.4, -0.2) is 21.3 Å². The van der Waals surface area contributed by atoms with Crippen LogP contribution in [0.1, 0.15) is 22.7 Å². The van der Waals surface area contributed by atoms with Crippen molar-refractivity contribution in [3.05, 3.63) is 59.2 Å². The van der Waals surface area contributed by atoms with Crippen molar-refractivity contribution in [2.24, 2.45) is 0 Å². The van der Waals surface area contributed by atoms with Crippen LogP contribution in [0.2, 0.25) is 0 Å². The molecule has 1 unspecified atom stereocenters. The molecule has 3 nitrogen and oxygen atoms in total. The Labute approximate surface area is 120 Å². The lowest BCUT2D eigenvalue weighted by Gasteiger charge is -2.21. The molecule has 0 amide bonds. The van der Waals surface area contributed by atoms with Crippen molar-refractivity contribution < 1.29 is 9.47 Å². The molecule has 0 fully saturated rings. The average Bonchev–Trinajstić information content (AvgIpc) is 2.49. The minimum Gasteiger partial charge on any atom is -0.493 e. The molecular formula is C17H21NO2. The van der Waals surface area contributed by atoms with Crippen LogP contribution in [0.4, 0.5) is 0 Å². The summed E-state index contributed by atoms with van der Waals surface area (Å²) in [7, 11) is 5.27. The van der Waals surface area contributed by atoms with Gasteiger partial charge < -0.3 is 14.8 Å². The van der Waals surface area contributed by atoms with Gasteiger partial charge in [0.15, 0.2) is 11.5 Å². The summed E-state index contributed by atoms with van der Waals surface area (Å²) < 4.78 is 10.9. The minimum absolute atomic E-state index is 0.0700. The van der Waals surface area contributed by atoms with E-state index in [1.807, 2.05) is 19.2 Å². The lowest BCUT2D eigenvalue weighted by Crippen LogP contribution is -2.18. The third kappa shape index (κ3) is 2.78. The predicted molar refractivity (Wildman–Crippen MR) is 81.6 cm³/mol. The van der Waals surface area contributed by atoms with Crippen LogP contribution < -0.4 is 14.8 Å². The van der Waals surface area contributed by atoms with Gasteiger partial charge >= 0.3 is 0 Å². The number of methoxy groups -OCH3 is 2. The van der Waals surface area contributed by atoms with Crippen molar-refractivity contribution >= 4 is 0 Å². The number of ether oxygens (including phenoxy) is 2. The Balaban J connectivity index is 2.49. The van der Waals surface area contributed by atoms with E-state index in [-0.39, 0.29) is 6.04 Å². The number of aryl methyl sites for hydroxylation is 1. The quantitative estimate of drug-likeness (QED) is 0.905. The molecule has 0 heterocycles. The molecule has 0 saturated heterocycles. The summed E-state index contributed by atoms with van der Waals surface area (Å²) in [5, 5.41) is 3.34. The van der Waals surface area contributed by atoms with Gasteiger partial charge in [0, 0.05) is 5.56 Å². The highest BCUT2D eigenvalue weighted by Gasteiger charge is 2.19. The third-order valence-electron chi connectivity index (χ3n) is 3.44. The van der Waals surface area contributed by atoms with Crippen LogP contribution in [0.15, 0.2) is 42.5 Å². The standard InChI is InChI=1S/C17H21NO2/c1-12-8-10-13(11-9-12)16(18-2)14-6-5-7-15(19-3)17(14)20-4/h5-11,16,18H,1-4H3. The van der Waals surface area contributed by atoms with Gasteiger partial charge in [0.2, 0.25) is 0 Å². The fraction of sp³-hybridized carbons (Fsp3) is 0.294. The van der Waals surface area contributed by atoms with E-state index in [2.05, 4.69) is 42.6 Å². The summed E-state index contributed by atoms with van der Waals surface area (Å²) in [5.41, 5.74) is 3.52. The molecule has 20 heavy (non-hydrogen) atoms. The zero-order valence-electron chi connectivity index (χ0n) is 12.4. The first-order valence-electron chi connectivity index (χ1n) is 6.66. The fourth-order valence-electron chi connectivity index (χ4n) is 2.40. The second-order valence-corrected chi connectivity index (χ2v) is 4.72. The van der Waals surface area contributed by atoms with Gasteiger partial charge in [0.25, 0.3) is 0 Å². The largest absolute Gasteiger partial charge is 0.493 e. The Hall–Kier alpha value is -2.00. The number of rotatable bonds is 5. The molecule has 0 radical (unpaired) electrons. The van der Waals surface area contributed by atoms with Crippen molar-refractivity contribution in [3.63, 3.8) is 0 Å². The molecule has 2 aromatic carbocycles. The second kappa shape index (κ2) is 6.44. The maximum absolute atomic E-state index is 5.53. The van der Waals surface area contributed by atoms with Crippen molar-refractivity contribution in [2.45, 2.75) is 13.0 Å². The molecule has 0 aromatic heterocycles. The van der Waals surface area contributed by atoms with Gasteiger partial charge in [-0.05, 0) is 25.6 Å². The normalized spacial score (nSPS) is 12.0. The number of hydrogen-bond donors (Lipinski definition) is 1. The third-order valence-corrected chi connectivity index (χ3v) is 3.44. The van der Waals surface area contributed by atoms with Crippen LogP contribution in [0.5, 0.6) is 11.5 Å². The van der Waals surface area contributed by atoms with Gasteiger partial charge in [-0.3, -0.25) is 0 Å². The van der Waals surface area contributed by atoms with Crippen LogP contribution in [0.3, 0.4) is 0 Å². The van der Waals surface area contributed by atoms with Crippen molar-refractivity contribution in [3.8, 4) is 11.5 Å². The first-order valence-corrected chi connectivity index (χ1v) is 6.66. The summed E-state index contributed by atoms with van der Waals surface area (Å²) >= 11 is 0. The van der Waals surface area contributed by atoms with E-state index in [1.165, 1.54) is 11.1 Å². The Morgan fingerprint density at radius 3 is 2.20 bits per heavy atom. The summed E-state index contributed by atoms with van der Waals surface area (Å²) in [5.74, 6) is 1.52. The van der Waals surface area contributed by atoms with Gasteiger partial charge in [-0.25, -0.2) is 0 Å². The van der Waals surface area contributed by atoms with Crippen molar-refractivity contribution in [1.82, 2.24) is 5.32 Å². The molecule has 0 aliphatic carbocycles. The topological polar surface area (TPSA) is 30.5 Å². The molecule has 1 atom stereocenters. The van der Waals surface area contributed by atoms with Crippen LogP contribution in [0, 0.1) is 6.92 Å². The highest BCUT2D eigenvalue weighted by molar-refractivity contribution is 5.50. The van der Waals surface area contributed by atoms with Gasteiger partial charge in [-0.1, -0.05) is 42.0 Å². The molecule has 0 aliphatic rings. The molecule has 1 N–H and O–H groups in total. The van der Waals surface area contributed by atoms with E-state index in [0.717, 1.165) is 17.1 Å². The molecule has 0 spiro atoms. The van der Waals surface area contributed by atoms with Gasteiger partial charge in [-0.2, -0.15) is 0 Å². The summed E-state index contributed by atoms with van der Waals surface area (Å²) in [6.07, 6.45) is 0. The number of hydrogen-bond acceptors (Lipinski definition) is 3. The highest BCUT2D eigenvalue weighted by atomic mass is 16.5. The van der Waals surface area contributed by atoms with Crippen molar-refractivity contribution in [2.75, 3.05) is 21.3 Å². The van der Waals surface area contributed by atoms with E-state index < -0.39 is 0 Å². The van der Waals surface area contributed by atoms with Crippen LogP contribution in [-0.2, 0) is 0 Å².